The van der Waals surface area contributed by atoms with Crippen LogP contribution in [0.5, 0.6) is 0 Å². The number of β-amino-alcohol motifs (C(OH)–C–C–N with tert-alkyl or cyclic N) is 1. The number of aliphatic hydroxyl groups excluding tert-OH is 1. The number of aliphatic hydroxyl groups is 1. The van der Waals surface area contributed by atoms with Gasteiger partial charge in [0.2, 0.25) is 0 Å². The summed E-state index contributed by atoms with van der Waals surface area (Å²) in [6.45, 7) is 4.24. The monoisotopic (exact) mass is 298 g/mol. The van der Waals surface area contributed by atoms with E-state index in [9.17, 15) is 9.90 Å². The summed E-state index contributed by atoms with van der Waals surface area (Å²) < 4.78 is 0. The van der Waals surface area contributed by atoms with Gasteiger partial charge in [0.1, 0.15) is 4.88 Å². The number of nitrogens with zero attached hydrogens (tertiary/aromatic N) is 2. The molecule has 0 radical (unpaired) electrons. The molecule has 2 N–H and O–H groups in total. The number of carbonyl (C=O) groups is 1. The van der Waals surface area contributed by atoms with Gasteiger partial charge in [0.25, 0.3) is 0 Å². The summed E-state index contributed by atoms with van der Waals surface area (Å²) in [5, 5.41) is 18.9. The van der Waals surface area contributed by atoms with E-state index in [1.807, 2.05) is 21.0 Å². The Kier molecular flexibility index (Phi) is 4.80. The molecule has 0 bridgehead atoms. The number of aryl methyl sites for hydroxylation is 1. The normalized spacial score (nSPS) is 23.6. The Morgan fingerprint density at radius 3 is 2.80 bits per heavy atom. The Balaban J connectivity index is 2.09. The van der Waals surface area contributed by atoms with Crippen molar-refractivity contribution in [2.45, 2.75) is 32.0 Å². The van der Waals surface area contributed by atoms with Crippen LogP contribution >= 0.6 is 11.3 Å². The number of hydrogen-bond acceptors (Lipinski definition) is 5. The molecule has 2 rings (SSSR count). The number of rotatable bonds is 5. The average Bonchev–Trinajstić information content (AvgIpc) is 2.84. The molecular formula is C14H22N2O3S. The highest BCUT2D eigenvalue weighted by Crippen LogP contribution is 2.27. The van der Waals surface area contributed by atoms with Crippen LogP contribution in [-0.4, -0.2) is 65.3 Å². The lowest BCUT2D eigenvalue weighted by Crippen LogP contribution is -2.37. The van der Waals surface area contributed by atoms with Crippen LogP contribution in [0, 0.1) is 6.92 Å². The van der Waals surface area contributed by atoms with E-state index in [1.165, 1.54) is 11.3 Å². The van der Waals surface area contributed by atoms with Crippen molar-refractivity contribution in [3.05, 3.63) is 21.4 Å². The first-order valence-electron chi connectivity index (χ1n) is 6.76. The predicted molar refractivity (Wildman–Crippen MR) is 79.4 cm³/mol. The summed E-state index contributed by atoms with van der Waals surface area (Å²) in [6.07, 6.45) is 0.505. The minimum absolute atomic E-state index is 0.280. The molecule has 20 heavy (non-hydrogen) atoms. The lowest BCUT2D eigenvalue weighted by Gasteiger charge is -2.26. The third kappa shape index (κ3) is 3.58. The Labute approximate surface area is 123 Å². The topological polar surface area (TPSA) is 64.0 Å². The zero-order valence-electron chi connectivity index (χ0n) is 12.2. The van der Waals surface area contributed by atoms with Crippen LogP contribution in [-0.2, 0) is 6.54 Å². The molecule has 0 aromatic carbocycles. The molecule has 112 valence electrons. The summed E-state index contributed by atoms with van der Waals surface area (Å²) in [6, 6.07) is 2.09. The Bertz CT molecular complexity index is 487. The van der Waals surface area contributed by atoms with Gasteiger partial charge in [0.05, 0.1) is 6.10 Å². The first-order chi connectivity index (χ1) is 9.36. The molecule has 5 nitrogen and oxygen atoms in total. The van der Waals surface area contributed by atoms with Crippen molar-refractivity contribution in [1.29, 1.82) is 0 Å². The Morgan fingerprint density at radius 1 is 1.55 bits per heavy atom. The van der Waals surface area contributed by atoms with Crippen LogP contribution < -0.4 is 0 Å². The third-order valence-electron chi connectivity index (χ3n) is 3.69. The number of hydrogen-bond donors (Lipinski definition) is 2. The number of carboxylic acid groups (broad SMARTS) is 1. The highest BCUT2D eigenvalue weighted by molar-refractivity contribution is 7.14. The van der Waals surface area contributed by atoms with Crippen molar-refractivity contribution in [3.8, 4) is 0 Å². The standard InChI is InChI=1S/C14H22N2O3S/c1-9-10(4-13(20-9)14(18)19)6-16-8-12(17)5-11(16)7-15(2)3/h4,11-12,17H,5-8H2,1-3H3,(H,18,19). The van der Waals surface area contributed by atoms with Crippen molar-refractivity contribution < 1.29 is 15.0 Å². The van der Waals surface area contributed by atoms with Crippen molar-refractivity contribution in [2.75, 3.05) is 27.2 Å². The van der Waals surface area contributed by atoms with Gasteiger partial charge in [-0.15, -0.1) is 11.3 Å². The molecule has 1 fully saturated rings. The second-order valence-corrected chi connectivity index (χ2v) is 6.99. The van der Waals surface area contributed by atoms with E-state index in [0.717, 1.165) is 23.4 Å². The predicted octanol–water partition coefficient (Wildman–Crippen LogP) is 1.25. The van der Waals surface area contributed by atoms with Crippen LogP contribution in [0.3, 0.4) is 0 Å². The summed E-state index contributed by atoms with van der Waals surface area (Å²) in [5.74, 6) is -0.865. The Morgan fingerprint density at radius 2 is 2.25 bits per heavy atom. The molecule has 1 saturated heterocycles. The van der Waals surface area contributed by atoms with E-state index in [2.05, 4.69) is 9.80 Å². The van der Waals surface area contributed by atoms with Crippen molar-refractivity contribution in [1.82, 2.24) is 9.80 Å². The fourth-order valence-electron chi connectivity index (χ4n) is 2.76. The van der Waals surface area contributed by atoms with Crippen LogP contribution in [0.4, 0.5) is 0 Å². The number of likely N-dealkylation sites (tertiary alicyclic amines) is 1. The Hall–Kier alpha value is -0.950. The molecular weight excluding hydrogens is 276 g/mol. The second-order valence-electron chi connectivity index (χ2n) is 5.73. The number of thiophene rings is 1. The summed E-state index contributed by atoms with van der Waals surface area (Å²) in [4.78, 5) is 16.8. The number of likely N-dealkylation sites (N-methyl/N-ethyl adjacent to an activating group) is 1. The molecule has 2 heterocycles. The minimum Gasteiger partial charge on any atom is -0.477 e. The van der Waals surface area contributed by atoms with Crippen molar-refractivity contribution in [2.24, 2.45) is 0 Å². The zero-order chi connectivity index (χ0) is 14.9. The molecule has 1 aromatic heterocycles. The molecule has 1 aliphatic heterocycles. The van der Waals surface area contributed by atoms with Gasteiger partial charge in [-0.05, 0) is 39.1 Å². The zero-order valence-corrected chi connectivity index (χ0v) is 13.0. The van der Waals surface area contributed by atoms with E-state index in [0.29, 0.717) is 24.0 Å². The highest BCUT2D eigenvalue weighted by atomic mass is 32.1. The van der Waals surface area contributed by atoms with Crippen molar-refractivity contribution >= 4 is 17.3 Å². The van der Waals surface area contributed by atoms with Gasteiger partial charge in [0.15, 0.2) is 0 Å². The molecule has 0 spiro atoms. The fraction of sp³-hybridized carbons (Fsp3) is 0.643. The van der Waals surface area contributed by atoms with Crippen LogP contribution in [0.1, 0.15) is 26.5 Å². The summed E-state index contributed by atoms with van der Waals surface area (Å²) in [5.41, 5.74) is 1.06. The lowest BCUT2D eigenvalue weighted by atomic mass is 10.1. The quantitative estimate of drug-likeness (QED) is 0.856. The van der Waals surface area contributed by atoms with E-state index < -0.39 is 5.97 Å². The molecule has 1 aromatic rings. The van der Waals surface area contributed by atoms with Gasteiger partial charge in [-0.1, -0.05) is 0 Å². The maximum atomic E-state index is 11.0. The van der Waals surface area contributed by atoms with Crippen LogP contribution in [0.25, 0.3) is 0 Å². The van der Waals surface area contributed by atoms with Gasteiger partial charge >= 0.3 is 5.97 Å². The lowest BCUT2D eigenvalue weighted by molar-refractivity contribution is 0.0702. The molecule has 0 saturated carbocycles. The van der Waals surface area contributed by atoms with Crippen molar-refractivity contribution in [3.63, 3.8) is 0 Å². The molecule has 0 aliphatic carbocycles. The number of aromatic carboxylic acids is 1. The van der Waals surface area contributed by atoms with Crippen LogP contribution in [0.2, 0.25) is 0 Å². The minimum atomic E-state index is -0.865. The van der Waals surface area contributed by atoms with Gasteiger partial charge in [-0.25, -0.2) is 4.79 Å². The fourth-order valence-corrected chi connectivity index (χ4v) is 3.64. The summed E-state index contributed by atoms with van der Waals surface area (Å²) in [7, 11) is 4.06. The molecule has 2 atom stereocenters. The third-order valence-corrected chi connectivity index (χ3v) is 4.77. The first-order valence-corrected chi connectivity index (χ1v) is 7.58. The van der Waals surface area contributed by atoms with Gasteiger partial charge in [-0.2, -0.15) is 0 Å². The largest absolute Gasteiger partial charge is 0.477 e. The van der Waals surface area contributed by atoms with Gasteiger partial charge in [-0.3, -0.25) is 4.90 Å². The van der Waals surface area contributed by atoms with Crippen LogP contribution in [0.15, 0.2) is 6.07 Å². The van der Waals surface area contributed by atoms with E-state index in [-0.39, 0.29) is 6.10 Å². The smallest absolute Gasteiger partial charge is 0.345 e. The number of carboxylic acids is 1. The highest BCUT2D eigenvalue weighted by Gasteiger charge is 2.31. The summed E-state index contributed by atoms with van der Waals surface area (Å²) >= 11 is 1.32. The maximum absolute atomic E-state index is 11.0. The van der Waals surface area contributed by atoms with E-state index >= 15 is 0 Å². The molecule has 2 unspecified atom stereocenters. The van der Waals surface area contributed by atoms with E-state index in [4.69, 9.17) is 5.11 Å². The average molecular weight is 298 g/mol. The second kappa shape index (κ2) is 6.22. The molecule has 6 heteroatoms. The maximum Gasteiger partial charge on any atom is 0.345 e. The van der Waals surface area contributed by atoms with E-state index in [1.54, 1.807) is 6.07 Å². The van der Waals surface area contributed by atoms with Gasteiger partial charge in [0, 0.05) is 30.6 Å². The first kappa shape index (κ1) is 15.4. The van der Waals surface area contributed by atoms with Gasteiger partial charge < -0.3 is 15.1 Å². The SMILES string of the molecule is Cc1sc(C(=O)O)cc1CN1CC(O)CC1CN(C)C. The molecule has 1 aliphatic rings. The molecule has 0 amide bonds.